The summed E-state index contributed by atoms with van der Waals surface area (Å²) in [5, 5.41) is 5.79. The fourth-order valence-corrected chi connectivity index (χ4v) is 3.80. The van der Waals surface area contributed by atoms with Gasteiger partial charge in [0.05, 0.1) is 7.11 Å². The molecule has 0 fully saturated rings. The van der Waals surface area contributed by atoms with Crippen molar-refractivity contribution in [1.82, 2.24) is 14.9 Å². The highest BCUT2D eigenvalue weighted by Gasteiger charge is 2.14. The second kappa shape index (κ2) is 7.40. The van der Waals surface area contributed by atoms with Gasteiger partial charge in [-0.1, -0.05) is 18.2 Å². The molecule has 0 saturated carbocycles. The quantitative estimate of drug-likeness (QED) is 0.463. The number of hydrogen-bond acceptors (Lipinski definition) is 3. The maximum atomic E-state index is 11.5. The van der Waals surface area contributed by atoms with Crippen LogP contribution in [0.3, 0.4) is 0 Å². The zero-order chi connectivity index (χ0) is 19.7. The number of benzene rings is 2. The van der Waals surface area contributed by atoms with Crippen LogP contribution in [0.5, 0.6) is 5.75 Å². The van der Waals surface area contributed by atoms with Gasteiger partial charge in [0.25, 0.3) is 0 Å². The van der Waals surface area contributed by atoms with Crippen molar-refractivity contribution in [3.8, 4) is 5.75 Å². The Labute approximate surface area is 163 Å². The molecule has 144 valence electrons. The van der Waals surface area contributed by atoms with E-state index in [0.29, 0.717) is 13.1 Å². The number of carbonyl (C=O) groups excluding carboxylic acids is 1. The van der Waals surface area contributed by atoms with Crippen LogP contribution in [-0.2, 0) is 24.4 Å². The Kier molecular flexibility index (Phi) is 4.79. The number of nitrogens with one attached hydrogen (secondary N) is 2. The van der Waals surface area contributed by atoms with Gasteiger partial charge < -0.3 is 25.3 Å². The standard InChI is InChI=1S/C22H24N4O2/c1-14-19(18-5-3-4-6-21(18)26(14)13-22(23)27)12-24-11-16-9-15-10-17(28-2)7-8-20(15)25-16/h3-10,24-25H,11-13H2,1-2H3,(H2,23,27). The molecule has 6 nitrogen and oxygen atoms in total. The molecule has 0 aliphatic heterocycles. The highest BCUT2D eigenvalue weighted by molar-refractivity contribution is 5.87. The van der Waals surface area contributed by atoms with Crippen LogP contribution in [0, 0.1) is 6.92 Å². The number of primary amides is 1. The predicted molar refractivity (Wildman–Crippen MR) is 111 cm³/mol. The van der Waals surface area contributed by atoms with E-state index in [4.69, 9.17) is 10.5 Å². The molecule has 1 amide bonds. The van der Waals surface area contributed by atoms with Gasteiger partial charge >= 0.3 is 0 Å². The van der Waals surface area contributed by atoms with Crippen LogP contribution in [0.15, 0.2) is 48.5 Å². The SMILES string of the molecule is COc1ccc2[nH]c(CNCc3c(C)n(CC(N)=O)c4ccccc34)cc2c1. The Balaban J connectivity index is 1.54. The van der Waals surface area contributed by atoms with Crippen molar-refractivity contribution in [3.05, 3.63) is 65.5 Å². The van der Waals surface area contributed by atoms with Gasteiger partial charge in [-0.25, -0.2) is 0 Å². The number of H-pyrrole nitrogens is 1. The lowest BCUT2D eigenvalue weighted by Crippen LogP contribution is -2.19. The first-order valence-corrected chi connectivity index (χ1v) is 9.28. The maximum absolute atomic E-state index is 11.5. The fourth-order valence-electron chi connectivity index (χ4n) is 3.80. The first-order chi connectivity index (χ1) is 13.6. The molecule has 4 aromatic rings. The van der Waals surface area contributed by atoms with E-state index in [2.05, 4.69) is 22.4 Å². The van der Waals surface area contributed by atoms with Gasteiger partial charge in [0.1, 0.15) is 12.3 Å². The summed E-state index contributed by atoms with van der Waals surface area (Å²) in [6, 6.07) is 16.3. The van der Waals surface area contributed by atoms with E-state index in [1.54, 1.807) is 7.11 Å². The fraction of sp³-hybridized carbons (Fsp3) is 0.227. The highest BCUT2D eigenvalue weighted by Crippen LogP contribution is 2.26. The minimum atomic E-state index is -0.336. The first kappa shape index (κ1) is 18.1. The van der Waals surface area contributed by atoms with Crippen LogP contribution >= 0.6 is 0 Å². The number of aromatic nitrogens is 2. The van der Waals surface area contributed by atoms with Crippen LogP contribution in [0.4, 0.5) is 0 Å². The molecule has 0 unspecified atom stereocenters. The molecule has 0 spiro atoms. The van der Waals surface area contributed by atoms with Crippen molar-refractivity contribution in [3.63, 3.8) is 0 Å². The van der Waals surface area contributed by atoms with E-state index in [1.807, 2.05) is 47.9 Å². The Morgan fingerprint density at radius 1 is 1.18 bits per heavy atom. The smallest absolute Gasteiger partial charge is 0.237 e. The van der Waals surface area contributed by atoms with E-state index in [-0.39, 0.29) is 12.5 Å². The van der Waals surface area contributed by atoms with Gasteiger partial charge in [0, 0.05) is 46.3 Å². The summed E-state index contributed by atoms with van der Waals surface area (Å²) >= 11 is 0. The lowest BCUT2D eigenvalue weighted by atomic mass is 10.1. The number of aromatic amines is 1. The Hall–Kier alpha value is -3.25. The number of hydrogen-bond donors (Lipinski definition) is 3. The second-order valence-corrected chi connectivity index (χ2v) is 6.98. The summed E-state index contributed by atoms with van der Waals surface area (Å²) in [5.74, 6) is 0.515. The molecule has 0 radical (unpaired) electrons. The molecule has 0 aliphatic carbocycles. The monoisotopic (exact) mass is 376 g/mol. The summed E-state index contributed by atoms with van der Waals surface area (Å²) in [5.41, 5.74) is 10.9. The maximum Gasteiger partial charge on any atom is 0.237 e. The average molecular weight is 376 g/mol. The van der Waals surface area contributed by atoms with Crippen LogP contribution in [0.1, 0.15) is 17.0 Å². The third-order valence-electron chi connectivity index (χ3n) is 5.18. The molecule has 4 rings (SSSR count). The summed E-state index contributed by atoms with van der Waals surface area (Å²) in [4.78, 5) is 14.9. The lowest BCUT2D eigenvalue weighted by Gasteiger charge is -2.07. The third-order valence-corrected chi connectivity index (χ3v) is 5.18. The molecule has 0 bridgehead atoms. The number of nitrogens with two attached hydrogens (primary N) is 1. The zero-order valence-corrected chi connectivity index (χ0v) is 16.1. The minimum Gasteiger partial charge on any atom is -0.497 e. The molecule has 0 saturated heterocycles. The molecule has 28 heavy (non-hydrogen) atoms. The van der Waals surface area contributed by atoms with Gasteiger partial charge in [-0.05, 0) is 42.8 Å². The number of amides is 1. The van der Waals surface area contributed by atoms with Crippen molar-refractivity contribution in [2.24, 2.45) is 5.73 Å². The average Bonchev–Trinajstić information content (AvgIpc) is 3.21. The van der Waals surface area contributed by atoms with Crippen molar-refractivity contribution in [1.29, 1.82) is 0 Å². The minimum absolute atomic E-state index is 0.191. The van der Waals surface area contributed by atoms with E-state index in [9.17, 15) is 4.79 Å². The van der Waals surface area contributed by atoms with Crippen molar-refractivity contribution >= 4 is 27.7 Å². The number of fused-ring (bicyclic) bond motifs is 2. The van der Waals surface area contributed by atoms with Crippen molar-refractivity contribution in [2.45, 2.75) is 26.6 Å². The van der Waals surface area contributed by atoms with Crippen molar-refractivity contribution in [2.75, 3.05) is 7.11 Å². The molecular formula is C22H24N4O2. The molecule has 2 aromatic heterocycles. The van der Waals surface area contributed by atoms with E-state index < -0.39 is 0 Å². The zero-order valence-electron chi connectivity index (χ0n) is 16.1. The molecule has 2 aromatic carbocycles. The van der Waals surface area contributed by atoms with Crippen LogP contribution in [0.2, 0.25) is 0 Å². The number of nitrogens with zero attached hydrogens (tertiary/aromatic N) is 1. The van der Waals surface area contributed by atoms with Crippen LogP contribution in [0.25, 0.3) is 21.8 Å². The molecule has 4 N–H and O–H groups in total. The first-order valence-electron chi connectivity index (χ1n) is 9.28. The largest absolute Gasteiger partial charge is 0.497 e. The van der Waals surface area contributed by atoms with Gasteiger partial charge in [-0.2, -0.15) is 0 Å². The molecule has 6 heteroatoms. The van der Waals surface area contributed by atoms with Gasteiger partial charge in [-0.15, -0.1) is 0 Å². The second-order valence-electron chi connectivity index (χ2n) is 6.98. The lowest BCUT2D eigenvalue weighted by molar-refractivity contribution is -0.118. The summed E-state index contributed by atoms with van der Waals surface area (Å²) < 4.78 is 7.28. The summed E-state index contributed by atoms with van der Waals surface area (Å²) in [7, 11) is 1.67. The number of rotatable bonds is 7. The van der Waals surface area contributed by atoms with Gasteiger partial charge in [0.15, 0.2) is 0 Å². The Bertz CT molecular complexity index is 1160. The Morgan fingerprint density at radius 2 is 2.00 bits per heavy atom. The number of methoxy groups -OCH3 is 1. The Morgan fingerprint density at radius 3 is 2.79 bits per heavy atom. The van der Waals surface area contributed by atoms with Gasteiger partial charge in [-0.3, -0.25) is 4.79 Å². The van der Waals surface area contributed by atoms with E-state index >= 15 is 0 Å². The number of para-hydroxylation sites is 1. The van der Waals surface area contributed by atoms with E-state index in [1.165, 1.54) is 5.56 Å². The number of carbonyl (C=O) groups is 1. The molecule has 0 aliphatic rings. The van der Waals surface area contributed by atoms with Crippen LogP contribution < -0.4 is 15.8 Å². The van der Waals surface area contributed by atoms with E-state index in [0.717, 1.165) is 38.9 Å². The van der Waals surface area contributed by atoms with Gasteiger partial charge in [0.2, 0.25) is 5.91 Å². The summed E-state index contributed by atoms with van der Waals surface area (Å²) in [6.45, 7) is 3.65. The number of ether oxygens (including phenoxy) is 1. The summed E-state index contributed by atoms with van der Waals surface area (Å²) in [6.07, 6.45) is 0. The van der Waals surface area contributed by atoms with Crippen LogP contribution in [-0.4, -0.2) is 22.6 Å². The predicted octanol–water partition coefficient (Wildman–Crippen LogP) is 3.21. The highest BCUT2D eigenvalue weighted by atomic mass is 16.5. The normalized spacial score (nSPS) is 11.4. The topological polar surface area (TPSA) is 85.1 Å². The molecule has 2 heterocycles. The molecule has 0 atom stereocenters. The van der Waals surface area contributed by atoms with Crippen molar-refractivity contribution < 1.29 is 9.53 Å². The third kappa shape index (κ3) is 3.34. The molecular weight excluding hydrogens is 352 g/mol.